The number of carboxylic acid groups (broad SMARTS) is 2. The molecule has 0 saturated heterocycles. The quantitative estimate of drug-likeness (QED) is 0.835. The molecule has 0 fully saturated rings. The van der Waals surface area contributed by atoms with Gasteiger partial charge in [0.05, 0.1) is 16.8 Å². The Kier molecular flexibility index (Phi) is 3.91. The van der Waals surface area contributed by atoms with E-state index in [1.807, 2.05) is 6.07 Å². The van der Waals surface area contributed by atoms with Crippen molar-refractivity contribution < 1.29 is 19.8 Å². The summed E-state index contributed by atoms with van der Waals surface area (Å²) in [5.74, 6) is -2.24. The minimum Gasteiger partial charge on any atom is -0.478 e. The van der Waals surface area contributed by atoms with E-state index in [-0.39, 0.29) is 16.7 Å². The van der Waals surface area contributed by atoms with Gasteiger partial charge < -0.3 is 10.2 Å². The highest BCUT2D eigenvalue weighted by atomic mass is 16.4. The Balaban J connectivity index is 2.43. The molecule has 0 aliphatic heterocycles. The van der Waals surface area contributed by atoms with E-state index in [1.165, 1.54) is 24.4 Å². The number of aliphatic imine (C=N–C) groups is 1. The van der Waals surface area contributed by atoms with Crippen molar-refractivity contribution in [2.24, 2.45) is 4.99 Å². The van der Waals surface area contributed by atoms with Gasteiger partial charge in [-0.1, -0.05) is 18.2 Å². The van der Waals surface area contributed by atoms with Gasteiger partial charge in [-0.05, 0) is 30.3 Å². The Morgan fingerprint density at radius 1 is 0.950 bits per heavy atom. The van der Waals surface area contributed by atoms with Crippen LogP contribution in [0.5, 0.6) is 0 Å². The molecule has 0 radical (unpaired) electrons. The fourth-order valence-electron chi connectivity index (χ4n) is 1.66. The highest BCUT2D eigenvalue weighted by Crippen LogP contribution is 2.14. The number of para-hydroxylation sites is 1. The average molecular weight is 269 g/mol. The van der Waals surface area contributed by atoms with Crippen LogP contribution in [0.25, 0.3) is 0 Å². The molecular weight excluding hydrogens is 258 g/mol. The van der Waals surface area contributed by atoms with Gasteiger partial charge in [-0.25, -0.2) is 9.59 Å². The van der Waals surface area contributed by atoms with Gasteiger partial charge in [-0.2, -0.15) is 0 Å². The highest BCUT2D eigenvalue weighted by Gasteiger charge is 2.12. The Morgan fingerprint density at radius 2 is 1.65 bits per heavy atom. The maximum atomic E-state index is 11.1. The van der Waals surface area contributed by atoms with Crippen LogP contribution in [-0.4, -0.2) is 28.4 Å². The number of hydrogen-bond acceptors (Lipinski definition) is 3. The average Bonchev–Trinajstić information content (AvgIpc) is 2.45. The predicted molar refractivity (Wildman–Crippen MR) is 74.1 cm³/mol. The van der Waals surface area contributed by atoms with Crippen LogP contribution >= 0.6 is 0 Å². The minimum absolute atomic E-state index is 0.00896. The molecule has 2 aromatic rings. The van der Waals surface area contributed by atoms with Gasteiger partial charge in [0.25, 0.3) is 0 Å². The third-order valence-corrected chi connectivity index (χ3v) is 2.64. The highest BCUT2D eigenvalue weighted by molar-refractivity contribution is 6.01. The van der Waals surface area contributed by atoms with Gasteiger partial charge in [0, 0.05) is 11.8 Å². The van der Waals surface area contributed by atoms with Gasteiger partial charge >= 0.3 is 11.9 Å². The van der Waals surface area contributed by atoms with Crippen molar-refractivity contribution in [3.63, 3.8) is 0 Å². The topological polar surface area (TPSA) is 87.0 Å². The van der Waals surface area contributed by atoms with Crippen molar-refractivity contribution in [1.29, 1.82) is 0 Å². The molecule has 0 unspecified atom stereocenters. The number of carboxylic acids is 2. The molecular formula is C15H11NO4. The Labute approximate surface area is 114 Å². The van der Waals surface area contributed by atoms with E-state index in [1.54, 1.807) is 24.3 Å². The molecule has 20 heavy (non-hydrogen) atoms. The van der Waals surface area contributed by atoms with Crippen LogP contribution in [0, 0.1) is 0 Å². The second-order valence-corrected chi connectivity index (χ2v) is 4.01. The first kappa shape index (κ1) is 13.5. The van der Waals surface area contributed by atoms with Crippen LogP contribution in [0.1, 0.15) is 26.3 Å². The monoisotopic (exact) mass is 269 g/mol. The fourth-order valence-corrected chi connectivity index (χ4v) is 1.66. The predicted octanol–water partition coefficient (Wildman–Crippen LogP) is 2.83. The lowest BCUT2D eigenvalue weighted by Crippen LogP contribution is -2.05. The number of rotatable bonds is 4. The van der Waals surface area contributed by atoms with Crippen molar-refractivity contribution in [2.75, 3.05) is 0 Å². The minimum atomic E-state index is -1.13. The van der Waals surface area contributed by atoms with E-state index in [2.05, 4.69) is 4.99 Å². The van der Waals surface area contributed by atoms with E-state index in [4.69, 9.17) is 10.2 Å². The van der Waals surface area contributed by atoms with E-state index >= 15 is 0 Å². The zero-order chi connectivity index (χ0) is 14.5. The summed E-state index contributed by atoms with van der Waals surface area (Å²) in [5.41, 5.74) is 0.935. The molecule has 0 saturated carbocycles. The molecule has 0 spiro atoms. The van der Waals surface area contributed by atoms with Gasteiger partial charge in [0.1, 0.15) is 0 Å². The molecule has 0 bridgehead atoms. The van der Waals surface area contributed by atoms with Crippen LogP contribution in [-0.2, 0) is 0 Å². The Bertz CT molecular complexity index is 678. The zero-order valence-electron chi connectivity index (χ0n) is 10.4. The summed E-state index contributed by atoms with van der Waals surface area (Å²) in [4.78, 5) is 26.2. The zero-order valence-corrected chi connectivity index (χ0v) is 10.4. The summed E-state index contributed by atoms with van der Waals surface area (Å²) in [6.07, 6.45) is 1.35. The van der Waals surface area contributed by atoms with Gasteiger partial charge in [-0.15, -0.1) is 0 Å². The van der Waals surface area contributed by atoms with Crippen molar-refractivity contribution in [2.45, 2.75) is 0 Å². The first-order chi connectivity index (χ1) is 9.58. The van der Waals surface area contributed by atoms with Crippen LogP contribution < -0.4 is 0 Å². The van der Waals surface area contributed by atoms with Crippen LogP contribution in [0.15, 0.2) is 53.5 Å². The molecule has 0 aliphatic rings. The summed E-state index contributed by atoms with van der Waals surface area (Å²) in [6, 6.07) is 12.8. The molecule has 2 rings (SSSR count). The Morgan fingerprint density at radius 3 is 2.25 bits per heavy atom. The molecule has 5 heteroatoms. The molecule has 0 heterocycles. The third kappa shape index (κ3) is 3.08. The molecule has 5 nitrogen and oxygen atoms in total. The fraction of sp³-hybridized carbons (Fsp3) is 0. The number of benzene rings is 2. The van der Waals surface area contributed by atoms with Crippen LogP contribution in [0.2, 0.25) is 0 Å². The SMILES string of the molecule is O=C(O)c1ccc(C(=O)O)c(C=Nc2ccccc2)c1. The summed E-state index contributed by atoms with van der Waals surface area (Å²) in [6.45, 7) is 0. The van der Waals surface area contributed by atoms with Crippen LogP contribution in [0.3, 0.4) is 0 Å². The normalized spacial score (nSPS) is 10.6. The lowest BCUT2D eigenvalue weighted by atomic mass is 10.0. The molecule has 0 aliphatic carbocycles. The van der Waals surface area contributed by atoms with E-state index < -0.39 is 11.9 Å². The number of aromatic carboxylic acids is 2. The molecule has 100 valence electrons. The lowest BCUT2D eigenvalue weighted by Gasteiger charge is -2.02. The van der Waals surface area contributed by atoms with E-state index in [9.17, 15) is 9.59 Å². The molecule has 2 aromatic carbocycles. The van der Waals surface area contributed by atoms with E-state index in [0.717, 1.165) is 0 Å². The third-order valence-electron chi connectivity index (χ3n) is 2.64. The van der Waals surface area contributed by atoms with Crippen molar-refractivity contribution in [3.8, 4) is 0 Å². The van der Waals surface area contributed by atoms with Crippen molar-refractivity contribution >= 4 is 23.8 Å². The summed E-state index contributed by atoms with van der Waals surface area (Å²) < 4.78 is 0. The van der Waals surface area contributed by atoms with Gasteiger partial charge in [-0.3, -0.25) is 4.99 Å². The largest absolute Gasteiger partial charge is 0.478 e. The van der Waals surface area contributed by atoms with Gasteiger partial charge in [0.15, 0.2) is 0 Å². The molecule has 0 amide bonds. The number of nitrogens with zero attached hydrogens (tertiary/aromatic N) is 1. The summed E-state index contributed by atoms with van der Waals surface area (Å²) >= 11 is 0. The van der Waals surface area contributed by atoms with Crippen molar-refractivity contribution in [1.82, 2.24) is 0 Å². The number of hydrogen-bond donors (Lipinski definition) is 2. The lowest BCUT2D eigenvalue weighted by molar-refractivity contribution is 0.0681. The van der Waals surface area contributed by atoms with Crippen LogP contribution in [0.4, 0.5) is 5.69 Å². The second kappa shape index (κ2) is 5.79. The second-order valence-electron chi connectivity index (χ2n) is 4.01. The summed E-state index contributed by atoms with van der Waals surface area (Å²) in [5, 5.41) is 18.0. The standard InChI is InChI=1S/C15H11NO4/c17-14(18)10-6-7-13(15(19)20)11(8-10)9-16-12-4-2-1-3-5-12/h1-9H,(H,17,18)(H,19,20). The summed E-state index contributed by atoms with van der Waals surface area (Å²) in [7, 11) is 0. The number of carbonyl (C=O) groups is 2. The maximum Gasteiger partial charge on any atom is 0.336 e. The molecule has 0 atom stereocenters. The Hall–Kier alpha value is -2.95. The first-order valence-electron chi connectivity index (χ1n) is 5.77. The smallest absolute Gasteiger partial charge is 0.336 e. The maximum absolute atomic E-state index is 11.1. The first-order valence-corrected chi connectivity index (χ1v) is 5.77. The van der Waals surface area contributed by atoms with Crippen molar-refractivity contribution in [3.05, 3.63) is 65.2 Å². The molecule has 0 aromatic heterocycles. The van der Waals surface area contributed by atoms with Gasteiger partial charge in [0.2, 0.25) is 0 Å². The molecule has 2 N–H and O–H groups in total. The van der Waals surface area contributed by atoms with E-state index in [0.29, 0.717) is 5.69 Å².